The molecular formula is C21H26ClF3N2O3. The van der Waals surface area contributed by atoms with Crippen molar-refractivity contribution >= 4 is 23.6 Å². The van der Waals surface area contributed by atoms with Gasteiger partial charge in [-0.15, -0.1) is 0 Å². The van der Waals surface area contributed by atoms with E-state index in [-0.39, 0.29) is 25.9 Å². The van der Waals surface area contributed by atoms with Crippen molar-refractivity contribution in [3.05, 3.63) is 34.9 Å². The van der Waals surface area contributed by atoms with Gasteiger partial charge in [-0.05, 0) is 58.2 Å². The van der Waals surface area contributed by atoms with E-state index in [1.54, 1.807) is 52.0 Å². The number of carbonyl (C=O) groups is 2. The Morgan fingerprint density at radius 2 is 1.63 bits per heavy atom. The Balaban J connectivity index is 1.92. The van der Waals surface area contributed by atoms with E-state index in [1.807, 2.05) is 0 Å². The molecule has 1 aromatic carbocycles. The number of carbonyl (C=O) groups excluding carboxylic acids is 2. The second kappa shape index (κ2) is 7.62. The minimum atomic E-state index is -4.58. The normalized spacial score (nSPS) is 23.9. The molecule has 1 heterocycles. The fraction of sp³-hybridized carbons (Fsp3) is 0.619. The zero-order valence-corrected chi connectivity index (χ0v) is 18.2. The molecule has 0 radical (unpaired) electrons. The number of halogens is 4. The third-order valence-corrected chi connectivity index (χ3v) is 5.84. The number of piperazine rings is 1. The lowest BCUT2D eigenvalue weighted by molar-refractivity contribution is -0.201. The molecule has 0 bridgehead atoms. The Hall–Kier alpha value is -1.96. The highest BCUT2D eigenvalue weighted by molar-refractivity contribution is 6.30. The summed E-state index contributed by atoms with van der Waals surface area (Å²) in [6, 6.07) is 5.49. The van der Waals surface area contributed by atoms with E-state index in [9.17, 15) is 22.8 Å². The van der Waals surface area contributed by atoms with Crippen LogP contribution in [0, 0.1) is 5.41 Å². The Morgan fingerprint density at radius 3 is 2.10 bits per heavy atom. The van der Waals surface area contributed by atoms with Crippen molar-refractivity contribution in [1.82, 2.24) is 9.80 Å². The average Bonchev–Trinajstić information content (AvgIpc) is 3.42. The molecular weight excluding hydrogens is 421 g/mol. The van der Waals surface area contributed by atoms with Crippen molar-refractivity contribution in [3.63, 3.8) is 0 Å². The van der Waals surface area contributed by atoms with Gasteiger partial charge in [0.15, 0.2) is 0 Å². The van der Waals surface area contributed by atoms with Crippen LogP contribution in [0.5, 0.6) is 0 Å². The summed E-state index contributed by atoms with van der Waals surface area (Å²) in [5.74, 6) is -0.912. The maximum absolute atomic E-state index is 13.5. The van der Waals surface area contributed by atoms with Crippen LogP contribution in [-0.2, 0) is 9.53 Å². The minimum Gasteiger partial charge on any atom is -0.444 e. The summed E-state index contributed by atoms with van der Waals surface area (Å²) in [7, 11) is 0. The summed E-state index contributed by atoms with van der Waals surface area (Å²) in [5.41, 5.74) is -2.35. The first-order valence-electron chi connectivity index (χ1n) is 9.88. The van der Waals surface area contributed by atoms with Crippen LogP contribution < -0.4 is 0 Å². The Labute approximate surface area is 179 Å². The molecule has 30 heavy (non-hydrogen) atoms. The lowest BCUT2D eigenvalue weighted by atomic mass is 9.96. The maximum atomic E-state index is 13.5. The summed E-state index contributed by atoms with van der Waals surface area (Å²) in [5, 5.41) is 0.494. The summed E-state index contributed by atoms with van der Waals surface area (Å²) < 4.78 is 46.1. The second-order valence-corrected chi connectivity index (χ2v) is 9.52. The van der Waals surface area contributed by atoms with Crippen LogP contribution in [0.15, 0.2) is 24.3 Å². The molecule has 5 nitrogen and oxygen atoms in total. The lowest BCUT2D eigenvalue weighted by Gasteiger charge is -2.46. The summed E-state index contributed by atoms with van der Waals surface area (Å²) in [6.45, 7) is 6.91. The fourth-order valence-corrected chi connectivity index (χ4v) is 3.90. The van der Waals surface area contributed by atoms with Crippen molar-refractivity contribution in [1.29, 1.82) is 0 Å². The summed E-state index contributed by atoms with van der Waals surface area (Å²) in [6.07, 6.45) is -5.54. The van der Waals surface area contributed by atoms with E-state index in [0.717, 1.165) is 0 Å². The van der Waals surface area contributed by atoms with Gasteiger partial charge in [-0.1, -0.05) is 23.7 Å². The molecule has 1 aliphatic carbocycles. The molecule has 0 N–H and O–H groups in total. The van der Waals surface area contributed by atoms with E-state index < -0.39 is 41.3 Å². The number of amides is 2. The van der Waals surface area contributed by atoms with Crippen molar-refractivity contribution in [3.8, 4) is 0 Å². The number of nitrogens with zero attached hydrogens (tertiary/aromatic N) is 2. The van der Waals surface area contributed by atoms with E-state index in [4.69, 9.17) is 16.3 Å². The van der Waals surface area contributed by atoms with E-state index in [0.29, 0.717) is 10.6 Å². The zero-order chi connectivity index (χ0) is 22.5. The van der Waals surface area contributed by atoms with Crippen LogP contribution in [-0.4, -0.2) is 52.7 Å². The number of benzene rings is 1. The highest BCUT2D eigenvalue weighted by atomic mass is 35.5. The average molecular weight is 447 g/mol. The van der Waals surface area contributed by atoms with Crippen molar-refractivity contribution in [2.24, 2.45) is 5.41 Å². The molecule has 166 valence electrons. The zero-order valence-electron chi connectivity index (χ0n) is 17.4. The molecule has 0 spiro atoms. The largest absolute Gasteiger partial charge is 0.444 e. The third kappa shape index (κ3) is 4.38. The van der Waals surface area contributed by atoms with Crippen LogP contribution in [0.3, 0.4) is 0 Å². The molecule has 2 aliphatic rings. The molecule has 2 amide bonds. The smallest absolute Gasteiger partial charge is 0.410 e. The number of hydrogen-bond donors (Lipinski definition) is 0. The van der Waals surface area contributed by atoms with Gasteiger partial charge in [-0.25, -0.2) is 4.79 Å². The first-order chi connectivity index (χ1) is 13.7. The van der Waals surface area contributed by atoms with Gasteiger partial charge in [0.05, 0.1) is 6.04 Å². The molecule has 1 saturated carbocycles. The van der Waals surface area contributed by atoms with Crippen LogP contribution in [0.4, 0.5) is 18.0 Å². The second-order valence-electron chi connectivity index (χ2n) is 9.09. The Kier molecular flexibility index (Phi) is 5.77. The summed E-state index contributed by atoms with van der Waals surface area (Å²) in [4.78, 5) is 28.5. The van der Waals surface area contributed by atoms with Gasteiger partial charge in [-0.2, -0.15) is 13.2 Å². The van der Waals surface area contributed by atoms with E-state index in [1.165, 1.54) is 9.80 Å². The maximum Gasteiger partial charge on any atom is 0.410 e. The third-order valence-electron chi connectivity index (χ3n) is 5.58. The first kappa shape index (κ1) is 22.7. The van der Waals surface area contributed by atoms with Gasteiger partial charge in [0.25, 0.3) is 0 Å². The molecule has 1 aliphatic heterocycles. The first-order valence-corrected chi connectivity index (χ1v) is 10.3. The predicted molar refractivity (Wildman–Crippen MR) is 106 cm³/mol. The molecule has 1 aromatic rings. The molecule has 2 fully saturated rings. The molecule has 2 atom stereocenters. The molecule has 1 saturated heterocycles. The van der Waals surface area contributed by atoms with Crippen LogP contribution >= 0.6 is 11.6 Å². The Bertz CT molecular complexity index is 816. The monoisotopic (exact) mass is 446 g/mol. The van der Waals surface area contributed by atoms with Crippen molar-refractivity contribution in [2.75, 3.05) is 13.1 Å². The quantitative estimate of drug-likeness (QED) is 0.628. The Morgan fingerprint density at radius 1 is 1.07 bits per heavy atom. The minimum absolute atomic E-state index is 0.0430. The van der Waals surface area contributed by atoms with E-state index in [2.05, 4.69) is 0 Å². The van der Waals surface area contributed by atoms with Gasteiger partial charge >= 0.3 is 12.3 Å². The molecule has 3 rings (SSSR count). The van der Waals surface area contributed by atoms with Crippen LogP contribution in [0.25, 0.3) is 0 Å². The SMILES string of the molecule is C[C@@H]1CN(C(=O)OC(C)(C)C)[C@@H](c2ccc(Cl)cc2)CN1C(=O)C1(C(F)(F)F)CC1. The highest BCUT2D eigenvalue weighted by Gasteiger charge is 2.70. The standard InChI is InChI=1S/C21H26ClF3N2O3/c1-13-11-27(18(29)30-19(2,3)4)16(14-5-7-15(22)8-6-14)12-26(13)17(28)20(9-10-20)21(23,24)25/h5-8,13,16H,9-12H2,1-4H3/t13-,16-/m1/s1. The van der Waals surface area contributed by atoms with Gasteiger partial charge in [0, 0.05) is 24.2 Å². The summed E-state index contributed by atoms with van der Waals surface area (Å²) >= 11 is 5.96. The van der Waals surface area contributed by atoms with Gasteiger partial charge in [-0.3, -0.25) is 9.69 Å². The molecule has 9 heteroatoms. The number of alkyl halides is 3. The predicted octanol–water partition coefficient (Wildman–Crippen LogP) is 5.19. The number of hydrogen-bond acceptors (Lipinski definition) is 3. The van der Waals surface area contributed by atoms with E-state index >= 15 is 0 Å². The number of rotatable bonds is 2. The van der Waals surface area contributed by atoms with Gasteiger partial charge < -0.3 is 9.64 Å². The van der Waals surface area contributed by atoms with Crippen LogP contribution in [0.2, 0.25) is 5.02 Å². The lowest BCUT2D eigenvalue weighted by Crippen LogP contribution is -2.59. The van der Waals surface area contributed by atoms with Gasteiger partial charge in [0.2, 0.25) is 5.91 Å². The van der Waals surface area contributed by atoms with Gasteiger partial charge in [0.1, 0.15) is 11.0 Å². The van der Waals surface area contributed by atoms with Crippen LogP contribution in [0.1, 0.15) is 52.1 Å². The van der Waals surface area contributed by atoms with Crippen molar-refractivity contribution < 1.29 is 27.5 Å². The topological polar surface area (TPSA) is 49.9 Å². The highest BCUT2D eigenvalue weighted by Crippen LogP contribution is 2.59. The van der Waals surface area contributed by atoms with Crippen molar-refractivity contribution in [2.45, 2.75) is 64.4 Å². The molecule has 0 aromatic heterocycles. The number of ether oxygens (including phenoxy) is 1. The molecule has 0 unspecified atom stereocenters. The fourth-order valence-electron chi connectivity index (χ4n) is 3.77.